The third kappa shape index (κ3) is 2.42. The van der Waals surface area contributed by atoms with Crippen molar-refractivity contribution in [1.82, 2.24) is 9.80 Å². The lowest BCUT2D eigenvalue weighted by Crippen LogP contribution is -2.32. The molecule has 1 unspecified atom stereocenters. The lowest BCUT2D eigenvalue weighted by Gasteiger charge is -2.34. The monoisotopic (exact) mass is 346 g/mol. The lowest BCUT2D eigenvalue weighted by molar-refractivity contribution is 0.272. The van der Waals surface area contributed by atoms with Crippen molar-refractivity contribution in [3.05, 3.63) is 71.0 Å². The van der Waals surface area contributed by atoms with Crippen LogP contribution in [0.4, 0.5) is 0 Å². The van der Waals surface area contributed by atoms with E-state index in [1.807, 2.05) is 6.07 Å². The van der Waals surface area contributed by atoms with Crippen LogP contribution in [0.3, 0.4) is 0 Å². The Balaban J connectivity index is 1.57. The van der Waals surface area contributed by atoms with E-state index >= 15 is 0 Å². The van der Waals surface area contributed by atoms with Crippen molar-refractivity contribution in [2.75, 3.05) is 27.7 Å². The Morgan fingerprint density at radius 2 is 1.92 bits per heavy atom. The molecular formula is C23H26N2O. The Hall–Kier alpha value is -2.10. The molecular weight excluding hydrogens is 320 g/mol. The maximum atomic E-state index is 5.64. The highest BCUT2D eigenvalue weighted by Crippen LogP contribution is 2.50. The van der Waals surface area contributed by atoms with E-state index in [0.29, 0.717) is 5.92 Å². The normalized spacial score (nSPS) is 21.9. The van der Waals surface area contributed by atoms with Crippen molar-refractivity contribution < 1.29 is 4.42 Å². The maximum Gasteiger partial charge on any atom is 0.134 e. The van der Waals surface area contributed by atoms with Gasteiger partial charge in [0, 0.05) is 29.9 Å². The van der Waals surface area contributed by atoms with Gasteiger partial charge in [-0.25, -0.2) is 0 Å². The smallest absolute Gasteiger partial charge is 0.134 e. The zero-order valence-electron chi connectivity index (χ0n) is 15.8. The van der Waals surface area contributed by atoms with Crippen LogP contribution in [0.2, 0.25) is 0 Å². The first-order valence-electron chi connectivity index (χ1n) is 9.53. The fraction of sp³-hybridized carbons (Fsp3) is 0.391. The number of benzene rings is 2. The van der Waals surface area contributed by atoms with Gasteiger partial charge < -0.3 is 9.32 Å². The van der Waals surface area contributed by atoms with E-state index in [2.05, 4.69) is 67.3 Å². The molecule has 2 aliphatic rings. The zero-order valence-corrected chi connectivity index (χ0v) is 15.8. The Labute approximate surface area is 155 Å². The second-order valence-corrected chi connectivity index (χ2v) is 8.31. The molecule has 0 bridgehead atoms. The highest BCUT2D eigenvalue weighted by atomic mass is 16.3. The molecule has 0 spiro atoms. The SMILES string of the molecule is CN1Cc2cc(C3(N(C)C)CC3)ccc2C(c2ccc3ccoc3c2)C1. The molecule has 5 rings (SSSR count). The molecule has 1 aliphatic heterocycles. The van der Waals surface area contributed by atoms with Crippen LogP contribution in [0.5, 0.6) is 0 Å². The molecule has 0 saturated heterocycles. The van der Waals surface area contributed by atoms with E-state index in [0.717, 1.165) is 18.7 Å². The largest absolute Gasteiger partial charge is 0.464 e. The molecule has 3 heteroatoms. The van der Waals surface area contributed by atoms with Crippen LogP contribution in [0, 0.1) is 0 Å². The summed E-state index contributed by atoms with van der Waals surface area (Å²) in [4.78, 5) is 4.84. The van der Waals surface area contributed by atoms with E-state index in [-0.39, 0.29) is 5.54 Å². The van der Waals surface area contributed by atoms with E-state index in [4.69, 9.17) is 4.42 Å². The second-order valence-electron chi connectivity index (χ2n) is 8.31. The highest BCUT2D eigenvalue weighted by molar-refractivity contribution is 5.78. The van der Waals surface area contributed by atoms with Crippen molar-refractivity contribution in [2.24, 2.45) is 0 Å². The van der Waals surface area contributed by atoms with Crippen molar-refractivity contribution >= 4 is 11.0 Å². The first kappa shape index (κ1) is 16.1. The number of fused-ring (bicyclic) bond motifs is 2. The van der Waals surface area contributed by atoms with Crippen LogP contribution in [-0.2, 0) is 12.1 Å². The third-order valence-corrected chi connectivity index (χ3v) is 6.45. The molecule has 0 radical (unpaired) electrons. The number of rotatable bonds is 3. The number of likely N-dealkylation sites (N-methyl/N-ethyl adjacent to an activating group) is 1. The Morgan fingerprint density at radius 1 is 1.08 bits per heavy atom. The second kappa shape index (κ2) is 5.70. The van der Waals surface area contributed by atoms with Gasteiger partial charge in [0.15, 0.2) is 0 Å². The van der Waals surface area contributed by atoms with Crippen molar-refractivity contribution in [2.45, 2.75) is 30.8 Å². The van der Waals surface area contributed by atoms with Gasteiger partial charge >= 0.3 is 0 Å². The summed E-state index contributed by atoms with van der Waals surface area (Å²) < 4.78 is 5.64. The summed E-state index contributed by atoms with van der Waals surface area (Å²) in [6, 6.07) is 15.9. The van der Waals surface area contributed by atoms with Crippen LogP contribution >= 0.6 is 0 Å². The summed E-state index contributed by atoms with van der Waals surface area (Å²) in [7, 11) is 6.65. The topological polar surface area (TPSA) is 19.6 Å². The van der Waals surface area contributed by atoms with Crippen molar-refractivity contribution in [1.29, 1.82) is 0 Å². The summed E-state index contributed by atoms with van der Waals surface area (Å²) in [5.41, 5.74) is 7.05. The van der Waals surface area contributed by atoms with E-state index in [1.54, 1.807) is 6.26 Å². The zero-order chi connectivity index (χ0) is 17.9. The summed E-state index contributed by atoms with van der Waals surface area (Å²) in [6.45, 7) is 2.09. The number of hydrogen-bond acceptors (Lipinski definition) is 3. The van der Waals surface area contributed by atoms with Crippen LogP contribution in [0.15, 0.2) is 53.1 Å². The highest BCUT2D eigenvalue weighted by Gasteiger charge is 2.46. The standard InChI is InChI=1S/C23H26N2O/c1-24(2)23(9-10-23)19-6-7-20-18(12-19)14-25(3)15-21(20)17-5-4-16-8-11-26-22(16)13-17/h4-8,11-13,21H,9-10,14-15H2,1-3H3. The first-order chi connectivity index (χ1) is 12.6. The van der Waals surface area contributed by atoms with Crippen LogP contribution in [0.1, 0.15) is 41.0 Å². The molecule has 0 amide bonds. The van der Waals surface area contributed by atoms with E-state index < -0.39 is 0 Å². The van der Waals surface area contributed by atoms with Crippen molar-refractivity contribution in [3.8, 4) is 0 Å². The summed E-state index contributed by atoms with van der Waals surface area (Å²) in [6.07, 6.45) is 4.32. The Bertz CT molecular complexity index is 967. The third-order valence-electron chi connectivity index (χ3n) is 6.45. The van der Waals surface area contributed by atoms with Crippen LogP contribution in [0.25, 0.3) is 11.0 Å². The minimum absolute atomic E-state index is 0.271. The summed E-state index contributed by atoms with van der Waals surface area (Å²) in [5, 5.41) is 1.18. The Kier molecular flexibility index (Phi) is 3.53. The number of furan rings is 1. The predicted octanol–water partition coefficient (Wildman–Crippen LogP) is 4.56. The number of nitrogens with zero attached hydrogens (tertiary/aromatic N) is 2. The van der Waals surface area contributed by atoms with Gasteiger partial charge in [-0.1, -0.05) is 30.3 Å². The fourth-order valence-corrected chi connectivity index (χ4v) is 4.72. The molecule has 1 aromatic heterocycles. The Morgan fingerprint density at radius 3 is 2.69 bits per heavy atom. The van der Waals surface area contributed by atoms with Gasteiger partial charge in [-0.05, 0) is 68.4 Å². The fourth-order valence-electron chi connectivity index (χ4n) is 4.72. The van der Waals surface area contributed by atoms with Gasteiger partial charge in [-0.2, -0.15) is 0 Å². The van der Waals surface area contributed by atoms with Gasteiger partial charge in [0.05, 0.1) is 6.26 Å². The van der Waals surface area contributed by atoms with Crippen LogP contribution in [-0.4, -0.2) is 37.5 Å². The van der Waals surface area contributed by atoms with Gasteiger partial charge in [-0.3, -0.25) is 4.90 Å². The summed E-state index contributed by atoms with van der Waals surface area (Å²) >= 11 is 0. The molecule has 0 N–H and O–H groups in total. The minimum atomic E-state index is 0.271. The molecule has 2 aromatic carbocycles. The molecule has 2 heterocycles. The molecule has 134 valence electrons. The average Bonchev–Trinajstić information content (AvgIpc) is 3.32. The average molecular weight is 346 g/mol. The number of hydrogen-bond donors (Lipinski definition) is 0. The predicted molar refractivity (Wildman–Crippen MR) is 105 cm³/mol. The summed E-state index contributed by atoms with van der Waals surface area (Å²) in [5.74, 6) is 0.404. The van der Waals surface area contributed by atoms with Crippen molar-refractivity contribution in [3.63, 3.8) is 0 Å². The van der Waals surface area contributed by atoms with E-state index in [9.17, 15) is 0 Å². The lowest BCUT2D eigenvalue weighted by atomic mass is 9.83. The molecule has 3 aromatic rings. The quantitative estimate of drug-likeness (QED) is 0.693. The van der Waals surface area contributed by atoms with Gasteiger partial charge in [0.25, 0.3) is 0 Å². The first-order valence-corrected chi connectivity index (χ1v) is 9.53. The molecule has 3 nitrogen and oxygen atoms in total. The molecule has 1 saturated carbocycles. The molecule has 1 atom stereocenters. The van der Waals surface area contributed by atoms with Crippen LogP contribution < -0.4 is 0 Å². The molecule has 1 fully saturated rings. The minimum Gasteiger partial charge on any atom is -0.464 e. The molecule has 26 heavy (non-hydrogen) atoms. The van der Waals surface area contributed by atoms with Gasteiger partial charge in [0.2, 0.25) is 0 Å². The van der Waals surface area contributed by atoms with E-state index in [1.165, 1.54) is 40.5 Å². The van der Waals surface area contributed by atoms with Gasteiger partial charge in [-0.15, -0.1) is 0 Å². The maximum absolute atomic E-state index is 5.64. The van der Waals surface area contributed by atoms with Gasteiger partial charge in [0.1, 0.15) is 5.58 Å². The molecule has 1 aliphatic carbocycles.